The first kappa shape index (κ1) is 21.3. The Balaban J connectivity index is 1.68. The van der Waals surface area contributed by atoms with Crippen molar-refractivity contribution in [2.75, 3.05) is 32.1 Å². The Morgan fingerprint density at radius 1 is 1.23 bits per heavy atom. The highest BCUT2D eigenvalue weighted by Gasteiger charge is 2.30. The second-order valence-corrected chi connectivity index (χ2v) is 8.70. The monoisotopic (exact) mass is 438 g/mol. The molecule has 1 unspecified atom stereocenters. The molecule has 3 heterocycles. The van der Waals surface area contributed by atoms with E-state index in [-0.39, 0.29) is 11.8 Å². The molecule has 1 fully saturated rings. The quantitative estimate of drug-likeness (QED) is 0.617. The Kier molecular flexibility index (Phi) is 5.96. The zero-order valence-corrected chi connectivity index (χ0v) is 19.1. The number of carbonyl (C=O) groups is 1. The molecule has 8 heteroatoms. The van der Waals surface area contributed by atoms with Crippen LogP contribution in [0.4, 0.5) is 5.95 Å². The predicted molar refractivity (Wildman–Crippen MR) is 123 cm³/mol. The molecule has 162 valence electrons. The SMILES string of the molecule is Cc1nn(C)cc1C(=O)N1CCCC(c2nc(N(C)C)ncc2-c2ccc(Cl)cc2)C1. The van der Waals surface area contributed by atoms with Crippen LogP contribution in [0.5, 0.6) is 0 Å². The van der Waals surface area contributed by atoms with Gasteiger partial charge in [-0.1, -0.05) is 23.7 Å². The molecule has 1 aliphatic heterocycles. The Morgan fingerprint density at radius 2 is 1.97 bits per heavy atom. The van der Waals surface area contributed by atoms with Gasteiger partial charge < -0.3 is 9.80 Å². The summed E-state index contributed by atoms with van der Waals surface area (Å²) in [5.41, 5.74) is 4.41. The number of aromatic nitrogens is 4. The molecule has 1 aromatic carbocycles. The lowest BCUT2D eigenvalue weighted by Crippen LogP contribution is -2.39. The summed E-state index contributed by atoms with van der Waals surface area (Å²) in [6.45, 7) is 3.24. The van der Waals surface area contributed by atoms with E-state index in [2.05, 4.69) is 10.1 Å². The minimum Gasteiger partial charge on any atom is -0.347 e. The second-order valence-electron chi connectivity index (χ2n) is 8.26. The highest BCUT2D eigenvalue weighted by atomic mass is 35.5. The van der Waals surface area contributed by atoms with E-state index in [0.29, 0.717) is 23.1 Å². The lowest BCUT2D eigenvalue weighted by molar-refractivity contribution is 0.0705. The van der Waals surface area contributed by atoms with E-state index in [0.717, 1.165) is 41.9 Å². The standard InChI is InChI=1S/C23H27ClN6O/c1-15-20(14-29(4)27-15)22(31)30-11-5-6-17(13-30)21-19(12-25-23(26-21)28(2)3)16-7-9-18(24)10-8-16/h7-10,12,14,17H,5-6,11,13H2,1-4H3. The molecular formula is C23H27ClN6O. The van der Waals surface area contributed by atoms with Gasteiger partial charge in [-0.15, -0.1) is 0 Å². The Morgan fingerprint density at radius 3 is 2.61 bits per heavy atom. The van der Waals surface area contributed by atoms with Crippen molar-refractivity contribution in [1.29, 1.82) is 0 Å². The van der Waals surface area contributed by atoms with Gasteiger partial charge in [-0.3, -0.25) is 9.48 Å². The van der Waals surface area contributed by atoms with Crippen LogP contribution in [-0.4, -0.2) is 57.7 Å². The van der Waals surface area contributed by atoms with Gasteiger partial charge >= 0.3 is 0 Å². The van der Waals surface area contributed by atoms with Crippen LogP contribution in [0.2, 0.25) is 5.02 Å². The molecule has 7 nitrogen and oxygen atoms in total. The molecule has 0 N–H and O–H groups in total. The molecule has 1 aliphatic rings. The van der Waals surface area contributed by atoms with Crippen molar-refractivity contribution in [3.05, 3.63) is 58.6 Å². The molecule has 1 saturated heterocycles. The maximum Gasteiger partial charge on any atom is 0.257 e. The van der Waals surface area contributed by atoms with Crippen LogP contribution in [0.1, 0.15) is 40.5 Å². The van der Waals surface area contributed by atoms with Crippen molar-refractivity contribution in [3.63, 3.8) is 0 Å². The number of likely N-dealkylation sites (tertiary alicyclic amines) is 1. The fraction of sp³-hybridized carbons (Fsp3) is 0.391. The number of halogens is 1. The maximum absolute atomic E-state index is 13.2. The molecule has 31 heavy (non-hydrogen) atoms. The molecule has 0 spiro atoms. The fourth-order valence-electron chi connectivity index (χ4n) is 4.13. The third-order valence-electron chi connectivity index (χ3n) is 5.70. The van der Waals surface area contributed by atoms with E-state index < -0.39 is 0 Å². The highest BCUT2D eigenvalue weighted by molar-refractivity contribution is 6.30. The molecule has 0 radical (unpaired) electrons. The molecule has 1 amide bonds. The number of hydrogen-bond donors (Lipinski definition) is 0. The number of anilines is 1. The van der Waals surface area contributed by atoms with E-state index in [4.69, 9.17) is 16.6 Å². The Hall–Kier alpha value is -2.93. The average Bonchev–Trinajstić information content (AvgIpc) is 3.11. The highest BCUT2D eigenvalue weighted by Crippen LogP contribution is 2.34. The summed E-state index contributed by atoms with van der Waals surface area (Å²) in [4.78, 5) is 26.5. The largest absolute Gasteiger partial charge is 0.347 e. The zero-order valence-electron chi connectivity index (χ0n) is 18.3. The van der Waals surface area contributed by atoms with Gasteiger partial charge in [-0.05, 0) is 37.5 Å². The van der Waals surface area contributed by atoms with Crippen molar-refractivity contribution in [2.24, 2.45) is 7.05 Å². The lowest BCUT2D eigenvalue weighted by atomic mass is 9.89. The average molecular weight is 439 g/mol. The maximum atomic E-state index is 13.2. The smallest absolute Gasteiger partial charge is 0.257 e. The molecule has 4 rings (SSSR count). The van der Waals surface area contributed by atoms with Gasteiger partial charge in [0.15, 0.2) is 0 Å². The van der Waals surface area contributed by atoms with Crippen LogP contribution in [0, 0.1) is 6.92 Å². The third-order valence-corrected chi connectivity index (χ3v) is 5.95. The summed E-state index contributed by atoms with van der Waals surface area (Å²) >= 11 is 6.09. The van der Waals surface area contributed by atoms with Gasteiger partial charge in [0.2, 0.25) is 5.95 Å². The fourth-order valence-corrected chi connectivity index (χ4v) is 4.25. The summed E-state index contributed by atoms with van der Waals surface area (Å²) in [6.07, 6.45) is 5.58. The van der Waals surface area contributed by atoms with Crippen LogP contribution in [0.15, 0.2) is 36.7 Å². The van der Waals surface area contributed by atoms with Crippen LogP contribution < -0.4 is 4.90 Å². The number of hydrogen-bond acceptors (Lipinski definition) is 5. The summed E-state index contributed by atoms with van der Waals surface area (Å²) in [5, 5.41) is 5.02. The van der Waals surface area contributed by atoms with Crippen LogP contribution in [0.3, 0.4) is 0 Å². The van der Waals surface area contributed by atoms with Crippen LogP contribution >= 0.6 is 11.6 Å². The minimum atomic E-state index is 0.0326. The summed E-state index contributed by atoms with van der Waals surface area (Å²) in [5.74, 6) is 0.826. The number of carbonyl (C=O) groups excluding carboxylic acids is 1. The van der Waals surface area contributed by atoms with E-state index in [9.17, 15) is 4.79 Å². The van der Waals surface area contributed by atoms with E-state index >= 15 is 0 Å². The molecule has 1 atom stereocenters. The first-order valence-corrected chi connectivity index (χ1v) is 10.8. The minimum absolute atomic E-state index is 0.0326. The zero-order chi connectivity index (χ0) is 22.1. The first-order valence-electron chi connectivity index (χ1n) is 10.4. The molecule has 0 saturated carbocycles. The topological polar surface area (TPSA) is 67.2 Å². The Labute approximate surface area is 187 Å². The number of rotatable bonds is 4. The number of nitrogens with zero attached hydrogens (tertiary/aromatic N) is 6. The van der Waals surface area contributed by atoms with E-state index in [1.165, 1.54) is 0 Å². The number of benzene rings is 1. The third kappa shape index (κ3) is 4.42. The molecule has 0 bridgehead atoms. The lowest BCUT2D eigenvalue weighted by Gasteiger charge is -2.33. The Bertz CT molecular complexity index is 1090. The second kappa shape index (κ2) is 8.67. The van der Waals surface area contributed by atoms with Gasteiger partial charge in [-0.2, -0.15) is 5.10 Å². The van der Waals surface area contributed by atoms with Gasteiger partial charge in [0.25, 0.3) is 5.91 Å². The molecule has 3 aromatic rings. The number of amides is 1. The van der Waals surface area contributed by atoms with Gasteiger partial charge in [0.1, 0.15) is 0 Å². The van der Waals surface area contributed by atoms with E-state index in [1.807, 2.05) is 68.3 Å². The normalized spacial score (nSPS) is 16.4. The van der Waals surface area contributed by atoms with Gasteiger partial charge in [-0.25, -0.2) is 9.97 Å². The van der Waals surface area contributed by atoms with Crippen molar-refractivity contribution >= 4 is 23.5 Å². The van der Waals surface area contributed by atoms with Gasteiger partial charge in [0, 0.05) is 63.1 Å². The molecule has 2 aromatic heterocycles. The summed E-state index contributed by atoms with van der Waals surface area (Å²) < 4.78 is 1.69. The number of piperidine rings is 1. The summed E-state index contributed by atoms with van der Waals surface area (Å²) in [6, 6.07) is 7.74. The van der Waals surface area contributed by atoms with E-state index in [1.54, 1.807) is 10.9 Å². The van der Waals surface area contributed by atoms with Gasteiger partial charge in [0.05, 0.1) is 17.0 Å². The molecular weight excluding hydrogens is 412 g/mol. The van der Waals surface area contributed by atoms with Crippen molar-refractivity contribution in [2.45, 2.75) is 25.7 Å². The number of aryl methyl sites for hydroxylation is 2. The van der Waals surface area contributed by atoms with Crippen molar-refractivity contribution in [3.8, 4) is 11.1 Å². The van der Waals surface area contributed by atoms with Crippen LogP contribution in [-0.2, 0) is 7.05 Å². The van der Waals surface area contributed by atoms with Crippen molar-refractivity contribution in [1.82, 2.24) is 24.6 Å². The molecule has 0 aliphatic carbocycles. The van der Waals surface area contributed by atoms with Crippen LogP contribution in [0.25, 0.3) is 11.1 Å². The van der Waals surface area contributed by atoms with Crippen molar-refractivity contribution < 1.29 is 4.79 Å². The first-order chi connectivity index (χ1) is 14.8. The summed E-state index contributed by atoms with van der Waals surface area (Å²) in [7, 11) is 5.71. The predicted octanol–water partition coefficient (Wildman–Crippen LogP) is 3.92.